The van der Waals surface area contributed by atoms with Gasteiger partial charge in [0.05, 0.1) is 11.6 Å². The molecule has 2 heterocycles. The van der Waals surface area contributed by atoms with Crippen molar-refractivity contribution in [1.82, 2.24) is 25.1 Å². The maximum Gasteiger partial charge on any atom is 0.138 e. The summed E-state index contributed by atoms with van der Waals surface area (Å²) in [6, 6.07) is 0.278. The molecule has 0 saturated carbocycles. The van der Waals surface area contributed by atoms with E-state index in [4.69, 9.17) is 0 Å². The van der Waals surface area contributed by atoms with E-state index < -0.39 is 0 Å². The molecular formula is C10H15N5S. The molecular weight excluding hydrogens is 222 g/mol. The van der Waals surface area contributed by atoms with Crippen molar-refractivity contribution < 1.29 is 0 Å². The zero-order valence-electron chi connectivity index (χ0n) is 9.42. The Morgan fingerprint density at radius 2 is 2.44 bits per heavy atom. The topological polar surface area (TPSA) is 55.6 Å². The monoisotopic (exact) mass is 237 g/mol. The Kier molecular flexibility index (Phi) is 3.63. The number of hydrogen-bond acceptors (Lipinski definition) is 5. The third kappa shape index (κ3) is 2.45. The van der Waals surface area contributed by atoms with Crippen LogP contribution >= 0.6 is 11.3 Å². The lowest BCUT2D eigenvalue weighted by Gasteiger charge is -2.14. The number of aromatic nitrogens is 4. The molecule has 0 saturated heterocycles. The fourth-order valence-electron chi connectivity index (χ4n) is 1.60. The molecule has 0 amide bonds. The standard InChI is InChI=1S/C10H15N5S/c1-3-12-8(9-5-11-7-16-9)4-10-13-6-14-15(10)2/h5-8,12H,3-4H2,1-2H3. The van der Waals surface area contributed by atoms with Crippen LogP contribution < -0.4 is 5.32 Å². The van der Waals surface area contributed by atoms with Gasteiger partial charge in [0.15, 0.2) is 0 Å². The van der Waals surface area contributed by atoms with Crippen LogP contribution in [0.1, 0.15) is 23.7 Å². The molecule has 2 aromatic heterocycles. The molecule has 6 heteroatoms. The van der Waals surface area contributed by atoms with Crippen LogP contribution in [0, 0.1) is 0 Å². The molecule has 1 unspecified atom stereocenters. The van der Waals surface area contributed by atoms with E-state index in [-0.39, 0.29) is 6.04 Å². The number of thiazole rings is 1. The van der Waals surface area contributed by atoms with Crippen molar-refractivity contribution in [3.05, 3.63) is 28.7 Å². The number of rotatable bonds is 5. The van der Waals surface area contributed by atoms with E-state index in [9.17, 15) is 0 Å². The van der Waals surface area contributed by atoms with Crippen LogP contribution in [-0.2, 0) is 13.5 Å². The molecule has 0 bridgehead atoms. The SMILES string of the molecule is CCNC(Cc1ncnn1C)c1cncs1. The molecule has 2 aromatic rings. The number of likely N-dealkylation sites (N-methyl/N-ethyl adjacent to an activating group) is 1. The Labute approximate surface area is 98.5 Å². The first-order valence-corrected chi connectivity index (χ1v) is 6.14. The zero-order valence-corrected chi connectivity index (χ0v) is 10.2. The van der Waals surface area contributed by atoms with Gasteiger partial charge < -0.3 is 5.32 Å². The largest absolute Gasteiger partial charge is 0.309 e. The maximum absolute atomic E-state index is 4.24. The average Bonchev–Trinajstić information content (AvgIpc) is 2.90. The van der Waals surface area contributed by atoms with Gasteiger partial charge >= 0.3 is 0 Å². The minimum atomic E-state index is 0.278. The summed E-state index contributed by atoms with van der Waals surface area (Å²) in [7, 11) is 1.91. The Hall–Kier alpha value is -1.27. The van der Waals surface area contributed by atoms with Gasteiger partial charge in [0.1, 0.15) is 12.2 Å². The molecule has 0 aliphatic rings. The van der Waals surface area contributed by atoms with Gasteiger partial charge in [0, 0.05) is 24.5 Å². The molecule has 0 aliphatic carbocycles. The predicted octanol–water partition coefficient (Wildman–Crippen LogP) is 1.16. The van der Waals surface area contributed by atoms with Crippen molar-refractivity contribution in [3.63, 3.8) is 0 Å². The maximum atomic E-state index is 4.24. The van der Waals surface area contributed by atoms with Crippen molar-refractivity contribution in [2.24, 2.45) is 7.05 Å². The molecule has 0 radical (unpaired) electrons. The molecule has 2 rings (SSSR count). The highest BCUT2D eigenvalue weighted by Gasteiger charge is 2.15. The van der Waals surface area contributed by atoms with Crippen LogP contribution in [0.5, 0.6) is 0 Å². The highest BCUT2D eigenvalue weighted by Crippen LogP contribution is 2.20. The van der Waals surface area contributed by atoms with Crippen LogP contribution in [0.2, 0.25) is 0 Å². The van der Waals surface area contributed by atoms with E-state index in [0.717, 1.165) is 18.8 Å². The van der Waals surface area contributed by atoms with E-state index in [1.165, 1.54) is 4.88 Å². The minimum Gasteiger partial charge on any atom is -0.309 e. The van der Waals surface area contributed by atoms with Crippen LogP contribution in [0.25, 0.3) is 0 Å². The number of hydrogen-bond donors (Lipinski definition) is 1. The second kappa shape index (κ2) is 5.18. The molecule has 1 N–H and O–H groups in total. The van der Waals surface area contributed by atoms with Crippen molar-refractivity contribution in [2.45, 2.75) is 19.4 Å². The Balaban J connectivity index is 2.12. The van der Waals surface area contributed by atoms with Crippen LogP contribution in [0.4, 0.5) is 0 Å². The van der Waals surface area contributed by atoms with Crippen molar-refractivity contribution >= 4 is 11.3 Å². The van der Waals surface area contributed by atoms with E-state index in [1.807, 2.05) is 23.4 Å². The smallest absolute Gasteiger partial charge is 0.138 e. The Morgan fingerprint density at radius 1 is 1.56 bits per heavy atom. The molecule has 86 valence electrons. The average molecular weight is 237 g/mol. The van der Waals surface area contributed by atoms with Crippen LogP contribution in [0.15, 0.2) is 18.0 Å². The molecule has 16 heavy (non-hydrogen) atoms. The number of nitrogens with zero attached hydrogens (tertiary/aromatic N) is 4. The summed E-state index contributed by atoms with van der Waals surface area (Å²) in [6.07, 6.45) is 4.34. The quantitative estimate of drug-likeness (QED) is 0.848. The van der Waals surface area contributed by atoms with Crippen LogP contribution in [0.3, 0.4) is 0 Å². The van der Waals surface area contributed by atoms with Gasteiger partial charge in [-0.15, -0.1) is 11.3 Å². The first-order chi connectivity index (χ1) is 7.81. The molecule has 0 aromatic carbocycles. The second-order valence-corrected chi connectivity index (χ2v) is 4.44. The third-order valence-electron chi connectivity index (χ3n) is 2.44. The van der Waals surface area contributed by atoms with Gasteiger partial charge in [0.25, 0.3) is 0 Å². The summed E-state index contributed by atoms with van der Waals surface area (Å²) in [5, 5.41) is 7.52. The molecule has 1 atom stereocenters. The lowest BCUT2D eigenvalue weighted by Crippen LogP contribution is -2.23. The first kappa shape index (κ1) is 11.2. The van der Waals surface area contributed by atoms with Crippen molar-refractivity contribution in [3.8, 4) is 0 Å². The van der Waals surface area contributed by atoms with Crippen molar-refractivity contribution in [2.75, 3.05) is 6.54 Å². The summed E-state index contributed by atoms with van der Waals surface area (Å²) in [5.74, 6) is 0.986. The van der Waals surface area contributed by atoms with E-state index in [0.29, 0.717) is 0 Å². The van der Waals surface area contributed by atoms with E-state index >= 15 is 0 Å². The normalized spacial score (nSPS) is 12.9. The lowest BCUT2D eigenvalue weighted by molar-refractivity contribution is 0.528. The molecule has 0 fully saturated rings. The molecule has 5 nitrogen and oxygen atoms in total. The van der Waals surface area contributed by atoms with Gasteiger partial charge in [-0.05, 0) is 6.54 Å². The third-order valence-corrected chi connectivity index (χ3v) is 3.33. The van der Waals surface area contributed by atoms with Crippen molar-refractivity contribution in [1.29, 1.82) is 0 Å². The molecule has 0 spiro atoms. The lowest BCUT2D eigenvalue weighted by atomic mass is 10.1. The molecule has 0 aliphatic heterocycles. The Morgan fingerprint density at radius 3 is 3.00 bits per heavy atom. The van der Waals surface area contributed by atoms with Gasteiger partial charge in [-0.3, -0.25) is 9.67 Å². The number of nitrogens with one attached hydrogen (secondary N) is 1. The summed E-state index contributed by atoms with van der Waals surface area (Å²) in [6.45, 7) is 3.03. The van der Waals surface area contributed by atoms with Gasteiger partial charge in [-0.1, -0.05) is 6.92 Å². The Bertz CT molecular complexity index is 422. The summed E-state index contributed by atoms with van der Waals surface area (Å²) < 4.78 is 1.81. The fraction of sp³-hybridized carbons (Fsp3) is 0.500. The predicted molar refractivity (Wildman–Crippen MR) is 63.2 cm³/mol. The van der Waals surface area contributed by atoms with Gasteiger partial charge in [0.2, 0.25) is 0 Å². The minimum absolute atomic E-state index is 0.278. The second-order valence-electron chi connectivity index (χ2n) is 3.52. The summed E-state index contributed by atoms with van der Waals surface area (Å²) >= 11 is 1.67. The van der Waals surface area contributed by atoms with E-state index in [1.54, 1.807) is 17.7 Å². The summed E-state index contributed by atoms with van der Waals surface area (Å²) in [4.78, 5) is 9.60. The van der Waals surface area contributed by atoms with Gasteiger partial charge in [-0.2, -0.15) is 5.10 Å². The van der Waals surface area contributed by atoms with Gasteiger partial charge in [-0.25, -0.2) is 4.98 Å². The zero-order chi connectivity index (χ0) is 11.4. The number of aryl methyl sites for hydroxylation is 1. The summed E-state index contributed by atoms with van der Waals surface area (Å²) in [5.41, 5.74) is 1.86. The van der Waals surface area contributed by atoms with Crippen LogP contribution in [-0.4, -0.2) is 26.3 Å². The highest BCUT2D eigenvalue weighted by atomic mass is 32.1. The van der Waals surface area contributed by atoms with E-state index in [2.05, 4.69) is 27.3 Å². The fourth-order valence-corrected chi connectivity index (χ4v) is 2.30. The highest BCUT2D eigenvalue weighted by molar-refractivity contribution is 7.09. The first-order valence-electron chi connectivity index (χ1n) is 5.26.